The summed E-state index contributed by atoms with van der Waals surface area (Å²) in [4.78, 5) is 16.6. The van der Waals surface area contributed by atoms with Gasteiger partial charge < -0.3 is 9.88 Å². The molecule has 28 heavy (non-hydrogen) atoms. The first-order valence-electron chi connectivity index (χ1n) is 9.53. The van der Waals surface area contributed by atoms with E-state index >= 15 is 0 Å². The van der Waals surface area contributed by atoms with Gasteiger partial charge in [0.25, 0.3) is 0 Å². The van der Waals surface area contributed by atoms with Gasteiger partial charge in [-0.25, -0.2) is 0 Å². The molecule has 1 aromatic carbocycles. The Hall–Kier alpha value is -2.67. The van der Waals surface area contributed by atoms with Crippen molar-refractivity contribution in [3.8, 4) is 11.4 Å². The first-order chi connectivity index (χ1) is 13.7. The molecule has 0 bridgehead atoms. The summed E-state index contributed by atoms with van der Waals surface area (Å²) < 4.78 is 2.02. The molecule has 0 aliphatic rings. The molecule has 0 aliphatic carbocycles. The van der Waals surface area contributed by atoms with Crippen LogP contribution in [0.1, 0.15) is 38.3 Å². The van der Waals surface area contributed by atoms with Crippen molar-refractivity contribution in [2.75, 3.05) is 5.75 Å². The Balaban J connectivity index is 1.65. The van der Waals surface area contributed by atoms with Gasteiger partial charge in [0.05, 0.1) is 11.8 Å². The van der Waals surface area contributed by atoms with Gasteiger partial charge in [-0.05, 0) is 31.0 Å². The second-order valence-electron chi connectivity index (χ2n) is 6.39. The van der Waals surface area contributed by atoms with Crippen molar-refractivity contribution in [2.24, 2.45) is 0 Å². The molecule has 0 unspecified atom stereocenters. The lowest BCUT2D eigenvalue weighted by atomic mass is 10.0. The predicted octanol–water partition coefficient (Wildman–Crippen LogP) is 4.11. The van der Waals surface area contributed by atoms with Gasteiger partial charge >= 0.3 is 0 Å². The average molecular weight is 396 g/mol. The maximum absolute atomic E-state index is 12.6. The largest absolute Gasteiger partial charge is 0.349 e. The third kappa shape index (κ3) is 4.98. The third-order valence-corrected chi connectivity index (χ3v) is 5.39. The van der Waals surface area contributed by atoms with E-state index in [2.05, 4.69) is 39.6 Å². The highest BCUT2D eigenvalue weighted by Crippen LogP contribution is 2.24. The molecule has 3 aromatic rings. The number of pyridine rings is 1. The van der Waals surface area contributed by atoms with Gasteiger partial charge in [0.15, 0.2) is 11.0 Å². The van der Waals surface area contributed by atoms with Crippen LogP contribution in [0.2, 0.25) is 0 Å². The van der Waals surface area contributed by atoms with Gasteiger partial charge in [0, 0.05) is 24.5 Å². The van der Waals surface area contributed by atoms with Crippen LogP contribution < -0.4 is 5.32 Å². The van der Waals surface area contributed by atoms with Gasteiger partial charge in [0.2, 0.25) is 5.91 Å². The molecule has 3 rings (SSSR count). The number of amides is 1. The molecule has 1 atom stereocenters. The zero-order valence-electron chi connectivity index (χ0n) is 16.2. The molecular weight excluding hydrogens is 370 g/mol. The lowest BCUT2D eigenvalue weighted by Crippen LogP contribution is -2.30. The van der Waals surface area contributed by atoms with Gasteiger partial charge in [-0.3, -0.25) is 9.78 Å². The lowest BCUT2D eigenvalue weighted by molar-refractivity contribution is -0.119. The van der Waals surface area contributed by atoms with Crippen LogP contribution in [0, 0.1) is 0 Å². The normalized spacial score (nSPS) is 11.9. The number of hydrogen-bond donors (Lipinski definition) is 1. The molecule has 1 amide bonds. The molecule has 146 valence electrons. The van der Waals surface area contributed by atoms with E-state index < -0.39 is 0 Å². The highest BCUT2D eigenvalue weighted by atomic mass is 32.2. The number of aromatic nitrogens is 4. The van der Waals surface area contributed by atoms with Crippen molar-refractivity contribution in [2.45, 2.75) is 44.4 Å². The molecular formula is C21H25N5OS. The minimum absolute atomic E-state index is 0.00316. The average Bonchev–Trinajstić information content (AvgIpc) is 3.16. The van der Waals surface area contributed by atoms with Crippen LogP contribution in [0.5, 0.6) is 0 Å². The van der Waals surface area contributed by atoms with E-state index in [1.54, 1.807) is 12.4 Å². The molecule has 7 heteroatoms. The molecule has 0 aliphatic heterocycles. The highest BCUT2D eigenvalue weighted by Gasteiger charge is 2.17. The Bertz CT molecular complexity index is 882. The van der Waals surface area contributed by atoms with E-state index in [4.69, 9.17) is 0 Å². The Morgan fingerprint density at radius 2 is 1.86 bits per heavy atom. The molecule has 6 nitrogen and oxygen atoms in total. The standard InChI is InChI=1S/C21H25N5OS/c1-3-8-18(16-9-6-5-7-10-16)23-19(27)15-28-21-25-24-20(26(21)4-2)17-11-13-22-14-12-17/h5-7,9-14,18H,3-4,8,15H2,1-2H3,(H,23,27)/t18-/m1/s1. The van der Waals surface area contributed by atoms with Crippen LogP contribution in [0.25, 0.3) is 11.4 Å². The fraction of sp³-hybridized carbons (Fsp3) is 0.333. The van der Waals surface area contributed by atoms with Crippen LogP contribution in [0.3, 0.4) is 0 Å². The van der Waals surface area contributed by atoms with Crippen molar-refractivity contribution in [3.05, 3.63) is 60.4 Å². The Kier molecular flexibility index (Phi) is 7.19. The summed E-state index contributed by atoms with van der Waals surface area (Å²) in [7, 11) is 0. The fourth-order valence-corrected chi connectivity index (χ4v) is 3.87. The van der Waals surface area contributed by atoms with Crippen LogP contribution in [-0.2, 0) is 11.3 Å². The van der Waals surface area contributed by atoms with Crippen LogP contribution in [0.4, 0.5) is 0 Å². The highest BCUT2D eigenvalue weighted by molar-refractivity contribution is 7.99. The summed E-state index contributed by atoms with van der Waals surface area (Å²) >= 11 is 1.41. The molecule has 0 fully saturated rings. The second-order valence-corrected chi connectivity index (χ2v) is 7.34. The topological polar surface area (TPSA) is 72.7 Å². The number of nitrogens with zero attached hydrogens (tertiary/aromatic N) is 4. The Morgan fingerprint density at radius 3 is 2.54 bits per heavy atom. The summed E-state index contributed by atoms with van der Waals surface area (Å²) in [6.45, 7) is 4.91. The Morgan fingerprint density at radius 1 is 1.11 bits per heavy atom. The minimum Gasteiger partial charge on any atom is -0.349 e. The van der Waals surface area contributed by atoms with E-state index in [9.17, 15) is 4.79 Å². The summed E-state index contributed by atoms with van der Waals surface area (Å²) in [6.07, 6.45) is 5.40. The van der Waals surface area contributed by atoms with Crippen molar-refractivity contribution in [1.29, 1.82) is 0 Å². The summed E-state index contributed by atoms with van der Waals surface area (Å²) in [5.41, 5.74) is 2.10. The monoisotopic (exact) mass is 395 g/mol. The van der Waals surface area contributed by atoms with Gasteiger partial charge in [-0.15, -0.1) is 10.2 Å². The molecule has 0 saturated carbocycles. The van der Waals surface area contributed by atoms with E-state index in [-0.39, 0.29) is 11.9 Å². The molecule has 1 N–H and O–H groups in total. The summed E-state index contributed by atoms with van der Waals surface area (Å²) in [5.74, 6) is 1.10. The summed E-state index contributed by atoms with van der Waals surface area (Å²) in [6, 6.07) is 14.0. The van der Waals surface area contributed by atoms with Crippen molar-refractivity contribution < 1.29 is 4.79 Å². The lowest BCUT2D eigenvalue weighted by Gasteiger charge is -2.18. The summed E-state index contributed by atoms with van der Waals surface area (Å²) in [5, 5.41) is 12.5. The predicted molar refractivity (Wildman–Crippen MR) is 112 cm³/mol. The number of carbonyl (C=O) groups is 1. The Labute approximate surface area is 169 Å². The molecule has 0 saturated heterocycles. The zero-order valence-corrected chi connectivity index (χ0v) is 17.0. The molecule has 0 radical (unpaired) electrons. The SMILES string of the molecule is CCC[C@@H](NC(=O)CSc1nnc(-c2ccncc2)n1CC)c1ccccc1. The van der Waals surface area contributed by atoms with Crippen molar-refractivity contribution >= 4 is 17.7 Å². The van der Waals surface area contributed by atoms with E-state index in [1.165, 1.54) is 11.8 Å². The first-order valence-corrected chi connectivity index (χ1v) is 10.5. The zero-order chi connectivity index (χ0) is 19.8. The van der Waals surface area contributed by atoms with E-state index in [1.807, 2.05) is 41.8 Å². The maximum Gasteiger partial charge on any atom is 0.230 e. The quantitative estimate of drug-likeness (QED) is 0.552. The maximum atomic E-state index is 12.6. The number of rotatable bonds is 9. The van der Waals surface area contributed by atoms with Crippen LogP contribution in [-0.4, -0.2) is 31.4 Å². The second kappa shape index (κ2) is 10.0. The van der Waals surface area contributed by atoms with E-state index in [0.29, 0.717) is 5.75 Å². The fourth-order valence-electron chi connectivity index (χ4n) is 3.06. The minimum atomic E-state index is 0.00316. The number of thioether (sulfide) groups is 1. The van der Waals surface area contributed by atoms with E-state index in [0.717, 1.165) is 41.5 Å². The van der Waals surface area contributed by atoms with Crippen molar-refractivity contribution in [3.63, 3.8) is 0 Å². The number of nitrogens with one attached hydrogen (secondary N) is 1. The van der Waals surface area contributed by atoms with Crippen molar-refractivity contribution in [1.82, 2.24) is 25.1 Å². The van der Waals surface area contributed by atoms with Gasteiger partial charge in [-0.2, -0.15) is 0 Å². The van der Waals surface area contributed by atoms with Crippen LogP contribution >= 0.6 is 11.8 Å². The van der Waals surface area contributed by atoms with Gasteiger partial charge in [0.1, 0.15) is 0 Å². The number of benzene rings is 1. The molecule has 2 aromatic heterocycles. The van der Waals surface area contributed by atoms with Crippen LogP contribution in [0.15, 0.2) is 60.0 Å². The molecule has 0 spiro atoms. The first kappa shape index (κ1) is 20.1. The number of hydrogen-bond acceptors (Lipinski definition) is 5. The third-order valence-electron chi connectivity index (χ3n) is 4.42. The number of carbonyl (C=O) groups excluding carboxylic acids is 1. The molecule has 2 heterocycles. The van der Waals surface area contributed by atoms with Gasteiger partial charge in [-0.1, -0.05) is 55.4 Å². The smallest absolute Gasteiger partial charge is 0.230 e.